The van der Waals surface area contributed by atoms with Gasteiger partial charge in [0.2, 0.25) is 11.8 Å². The number of nitrogens with zero attached hydrogens (tertiary/aromatic N) is 2. The van der Waals surface area contributed by atoms with Crippen LogP contribution in [0, 0.1) is 5.92 Å². The van der Waals surface area contributed by atoms with Gasteiger partial charge in [0.1, 0.15) is 11.8 Å². The Morgan fingerprint density at radius 1 is 1.05 bits per heavy atom. The van der Waals surface area contributed by atoms with E-state index in [4.69, 9.17) is 4.74 Å². The van der Waals surface area contributed by atoms with E-state index >= 15 is 0 Å². The monoisotopic (exact) mass is 626 g/mol. The summed E-state index contributed by atoms with van der Waals surface area (Å²) < 4.78 is 48.4. The fraction of sp³-hybridized carbons (Fsp3) is 0.280. The SMILES string of the molecule is CCOC(=O)Cn1c2c(sc1=O)[C@@H](c1ccc(Br)cc1)[C@@H]1C(=O)N(c3ccccc3C(F)(F)F)C(=O)[C@@H]1S2. The summed E-state index contributed by atoms with van der Waals surface area (Å²) in [6.45, 7) is 1.35. The Balaban J connectivity index is 1.66. The number of rotatable bonds is 5. The number of hydrogen-bond donors (Lipinski definition) is 0. The van der Waals surface area contributed by atoms with E-state index in [9.17, 15) is 32.3 Å². The van der Waals surface area contributed by atoms with Crippen molar-refractivity contribution in [1.29, 1.82) is 0 Å². The zero-order valence-electron chi connectivity index (χ0n) is 19.5. The van der Waals surface area contributed by atoms with Gasteiger partial charge in [-0.25, -0.2) is 4.90 Å². The Labute approximate surface area is 230 Å². The normalized spacial score (nSPS) is 20.9. The van der Waals surface area contributed by atoms with Crippen molar-refractivity contribution in [3.05, 3.63) is 78.7 Å². The highest BCUT2D eigenvalue weighted by atomic mass is 79.9. The summed E-state index contributed by atoms with van der Waals surface area (Å²) in [6, 6.07) is 11.4. The van der Waals surface area contributed by atoms with Crippen molar-refractivity contribution in [2.45, 2.75) is 35.8 Å². The minimum absolute atomic E-state index is 0.111. The average Bonchev–Trinajstić information content (AvgIpc) is 3.30. The number of halogens is 4. The standard InChI is InChI=1S/C25H18BrF3N2O5S2/c1-2-36-16(32)11-30-23-20(38-24(30)35)17(12-7-9-13(26)10-8-12)18-19(37-23)22(34)31(21(18)33)15-6-4-3-5-14(15)25(27,28)29/h3-10,17-19H,2,11H2,1H3/t17-,18-,19+/m0/s1. The fourth-order valence-electron chi connectivity index (χ4n) is 4.77. The topological polar surface area (TPSA) is 85.7 Å². The van der Waals surface area contributed by atoms with E-state index < -0.39 is 63.7 Å². The third-order valence-electron chi connectivity index (χ3n) is 6.32. The molecule has 7 nitrogen and oxygen atoms in total. The lowest BCUT2D eigenvalue weighted by Gasteiger charge is -2.30. The zero-order chi connectivity index (χ0) is 27.4. The van der Waals surface area contributed by atoms with Gasteiger partial charge in [0.15, 0.2) is 0 Å². The second-order valence-corrected chi connectivity index (χ2v) is 11.6. The van der Waals surface area contributed by atoms with Crippen LogP contribution in [0.5, 0.6) is 0 Å². The summed E-state index contributed by atoms with van der Waals surface area (Å²) in [5.41, 5.74) is -1.02. The van der Waals surface area contributed by atoms with E-state index in [2.05, 4.69) is 15.9 Å². The molecule has 38 heavy (non-hydrogen) atoms. The van der Waals surface area contributed by atoms with Crippen LogP contribution in [0.3, 0.4) is 0 Å². The van der Waals surface area contributed by atoms with Gasteiger partial charge in [0, 0.05) is 15.3 Å². The van der Waals surface area contributed by atoms with Crippen molar-refractivity contribution >= 4 is 62.5 Å². The highest BCUT2D eigenvalue weighted by Gasteiger charge is 2.57. The molecule has 0 spiro atoms. The number of anilines is 1. The molecule has 2 aromatic carbocycles. The molecule has 1 fully saturated rings. The number of hydrogen-bond acceptors (Lipinski definition) is 7. The van der Waals surface area contributed by atoms with Gasteiger partial charge in [0.05, 0.1) is 28.8 Å². The van der Waals surface area contributed by atoms with Crippen LogP contribution in [0.15, 0.2) is 62.8 Å². The average molecular weight is 627 g/mol. The molecule has 0 bridgehead atoms. The summed E-state index contributed by atoms with van der Waals surface area (Å²) in [5.74, 6) is -4.08. The number of carbonyl (C=O) groups is 3. The number of fused-ring (bicyclic) bond motifs is 2. The molecule has 0 saturated carbocycles. The number of benzene rings is 2. The predicted octanol–water partition coefficient (Wildman–Crippen LogP) is 5.05. The Morgan fingerprint density at radius 3 is 2.39 bits per heavy atom. The quantitative estimate of drug-likeness (QED) is 0.291. The van der Waals surface area contributed by atoms with Crippen molar-refractivity contribution in [3.63, 3.8) is 0 Å². The zero-order valence-corrected chi connectivity index (χ0v) is 22.7. The van der Waals surface area contributed by atoms with Gasteiger partial charge in [-0.15, -0.1) is 0 Å². The lowest BCUT2D eigenvalue weighted by Crippen LogP contribution is -2.33. The summed E-state index contributed by atoms with van der Waals surface area (Å²) in [7, 11) is 0. The number of ether oxygens (including phenoxy) is 1. The van der Waals surface area contributed by atoms with Crippen LogP contribution in [-0.4, -0.2) is 34.2 Å². The number of alkyl halides is 3. The maximum Gasteiger partial charge on any atom is 0.418 e. The number of esters is 1. The van der Waals surface area contributed by atoms with Gasteiger partial charge in [-0.3, -0.25) is 23.7 Å². The molecule has 1 aromatic heterocycles. The second kappa shape index (κ2) is 10.0. The number of thiazole rings is 1. The minimum atomic E-state index is -4.79. The Morgan fingerprint density at radius 2 is 1.74 bits per heavy atom. The molecule has 198 valence electrons. The Kier molecular flexibility index (Phi) is 7.03. The first-order valence-electron chi connectivity index (χ1n) is 11.4. The van der Waals surface area contributed by atoms with Crippen LogP contribution in [0.2, 0.25) is 0 Å². The van der Waals surface area contributed by atoms with Crippen LogP contribution < -0.4 is 9.77 Å². The first-order valence-corrected chi connectivity index (χ1v) is 13.9. The summed E-state index contributed by atoms with van der Waals surface area (Å²) >= 11 is 5.13. The molecule has 2 aliphatic heterocycles. The first kappa shape index (κ1) is 26.7. The molecular weight excluding hydrogens is 609 g/mol. The lowest BCUT2D eigenvalue weighted by molar-refractivity contribution is -0.144. The molecule has 0 aliphatic carbocycles. The van der Waals surface area contributed by atoms with Gasteiger partial charge in [-0.1, -0.05) is 63.3 Å². The van der Waals surface area contributed by atoms with Crippen molar-refractivity contribution in [2.75, 3.05) is 11.5 Å². The van der Waals surface area contributed by atoms with Gasteiger partial charge in [-0.2, -0.15) is 13.2 Å². The molecular formula is C25H18BrF3N2O5S2. The van der Waals surface area contributed by atoms with Gasteiger partial charge < -0.3 is 4.74 Å². The number of thioether (sulfide) groups is 1. The molecule has 1 saturated heterocycles. The summed E-state index contributed by atoms with van der Waals surface area (Å²) in [6.07, 6.45) is -4.79. The minimum Gasteiger partial charge on any atom is -0.465 e. The molecule has 3 aromatic rings. The highest BCUT2D eigenvalue weighted by molar-refractivity contribution is 9.10. The Hall–Kier alpha value is -2.90. The van der Waals surface area contributed by atoms with Crippen molar-refractivity contribution < 1.29 is 32.3 Å². The summed E-state index contributed by atoms with van der Waals surface area (Å²) in [5, 5.41) is -0.776. The molecule has 13 heteroatoms. The third-order valence-corrected chi connectivity index (χ3v) is 9.45. The van der Waals surface area contributed by atoms with E-state index in [1.165, 1.54) is 16.7 Å². The molecule has 3 heterocycles. The maximum absolute atomic E-state index is 13.8. The smallest absolute Gasteiger partial charge is 0.418 e. The van der Waals surface area contributed by atoms with Gasteiger partial charge in [-0.05, 0) is 36.8 Å². The molecule has 0 unspecified atom stereocenters. The second-order valence-electron chi connectivity index (χ2n) is 8.55. The van der Waals surface area contributed by atoms with E-state index in [1.54, 1.807) is 31.2 Å². The molecule has 3 atom stereocenters. The molecule has 2 amide bonds. The molecule has 0 N–H and O–H groups in total. The van der Waals surface area contributed by atoms with Crippen molar-refractivity contribution in [1.82, 2.24) is 4.57 Å². The number of imide groups is 1. The maximum atomic E-state index is 13.8. The van der Waals surface area contributed by atoms with Crippen molar-refractivity contribution in [2.24, 2.45) is 5.92 Å². The van der Waals surface area contributed by atoms with Crippen LogP contribution >= 0.6 is 39.0 Å². The van der Waals surface area contributed by atoms with Gasteiger partial charge in [0.25, 0.3) is 0 Å². The van der Waals surface area contributed by atoms with Crippen LogP contribution in [0.1, 0.15) is 28.8 Å². The van der Waals surface area contributed by atoms with E-state index in [0.717, 1.165) is 39.7 Å². The number of amides is 2. The largest absolute Gasteiger partial charge is 0.465 e. The first-order chi connectivity index (χ1) is 18.0. The predicted molar refractivity (Wildman–Crippen MR) is 138 cm³/mol. The van der Waals surface area contributed by atoms with E-state index in [0.29, 0.717) is 20.4 Å². The van der Waals surface area contributed by atoms with Gasteiger partial charge >= 0.3 is 17.0 Å². The summed E-state index contributed by atoms with van der Waals surface area (Å²) in [4.78, 5) is 53.2. The van der Waals surface area contributed by atoms with Crippen molar-refractivity contribution in [3.8, 4) is 0 Å². The highest BCUT2D eigenvalue weighted by Crippen LogP contribution is 2.54. The Bertz CT molecular complexity index is 1500. The molecule has 2 aliphatic rings. The van der Waals surface area contributed by atoms with Crippen LogP contribution in [-0.2, 0) is 31.8 Å². The molecule has 0 radical (unpaired) electrons. The lowest BCUT2D eigenvalue weighted by atomic mass is 9.83. The number of aromatic nitrogens is 1. The van der Waals surface area contributed by atoms with Crippen LogP contribution in [0.25, 0.3) is 0 Å². The molecule has 5 rings (SSSR count). The van der Waals surface area contributed by atoms with E-state index in [1.807, 2.05) is 0 Å². The third kappa shape index (κ3) is 4.50. The number of carbonyl (C=O) groups excluding carboxylic acids is 3. The van der Waals surface area contributed by atoms with E-state index in [-0.39, 0.29) is 6.61 Å². The fourth-order valence-corrected chi connectivity index (χ4v) is 7.80. The number of para-hydroxylation sites is 1. The van der Waals surface area contributed by atoms with Crippen LogP contribution in [0.4, 0.5) is 18.9 Å².